The zero-order chi connectivity index (χ0) is 28.6. The fourth-order valence-electron chi connectivity index (χ4n) is 4.59. The van der Waals surface area contributed by atoms with Crippen molar-refractivity contribution < 1.29 is 27.8 Å². The van der Waals surface area contributed by atoms with Crippen LogP contribution in [0.1, 0.15) is 156 Å². The molecule has 0 aromatic carbocycles. The monoisotopic (exact) mass is 562 g/mol. The maximum atomic E-state index is 13.6. The van der Waals surface area contributed by atoms with Crippen LogP contribution < -0.4 is 0 Å². The lowest BCUT2D eigenvalue weighted by molar-refractivity contribution is -0.152. The predicted octanol–water partition coefficient (Wildman–Crippen LogP) is 8.05. The highest BCUT2D eigenvalue weighted by molar-refractivity contribution is 8.27. The lowest BCUT2D eigenvalue weighted by atomic mass is 10.1. The van der Waals surface area contributed by atoms with Crippen LogP contribution in [0, 0.1) is 0 Å². The van der Waals surface area contributed by atoms with E-state index in [0.717, 1.165) is 38.5 Å². The number of unbranched alkanes of at least 4 members (excludes halogenated alkanes) is 18. The second kappa shape index (κ2) is 23.0. The predicted molar refractivity (Wildman–Crippen MR) is 161 cm³/mol. The molecule has 0 aromatic heterocycles. The first-order valence-corrected chi connectivity index (χ1v) is 18.2. The van der Waals surface area contributed by atoms with Crippen molar-refractivity contribution in [1.29, 1.82) is 0 Å². The molecular weight excluding hydrogens is 500 g/mol. The van der Waals surface area contributed by atoms with Crippen molar-refractivity contribution in [1.82, 2.24) is 0 Å². The Kier molecular flexibility index (Phi) is 22.5. The molecule has 1 N–H and O–H groups in total. The summed E-state index contributed by atoms with van der Waals surface area (Å²) >= 11 is 0. The Morgan fingerprint density at radius 1 is 0.684 bits per heavy atom. The number of hydrogen-bond donors (Lipinski definition) is 1. The molecule has 0 aromatic rings. The number of aliphatic hydroxyl groups excluding tert-OH is 1. The highest BCUT2D eigenvalue weighted by atomic mass is 32.3. The van der Waals surface area contributed by atoms with E-state index in [4.69, 9.17) is 8.92 Å². The number of carbonyl (C=O) groups excluding carboxylic acids is 2. The summed E-state index contributed by atoms with van der Waals surface area (Å²) in [5.41, 5.74) is 0. The van der Waals surface area contributed by atoms with Crippen molar-refractivity contribution in [2.24, 2.45) is 0 Å². The van der Waals surface area contributed by atoms with Gasteiger partial charge in [-0.1, -0.05) is 129 Å². The molecule has 0 saturated heterocycles. The van der Waals surface area contributed by atoms with Crippen LogP contribution in [-0.2, 0) is 27.9 Å². The molecule has 0 rings (SSSR count). The number of ether oxygens (including phenoxy) is 1. The Morgan fingerprint density at radius 3 is 1.47 bits per heavy atom. The van der Waals surface area contributed by atoms with Crippen LogP contribution >= 0.6 is 0 Å². The average Bonchev–Trinajstić information content (AvgIpc) is 2.88. The molecule has 0 aliphatic rings. The number of carbonyl (C=O) groups is 2. The van der Waals surface area contributed by atoms with E-state index in [1.165, 1.54) is 96.7 Å². The van der Waals surface area contributed by atoms with Gasteiger partial charge in [0, 0.05) is 25.4 Å². The van der Waals surface area contributed by atoms with E-state index in [-0.39, 0.29) is 18.3 Å². The third kappa shape index (κ3) is 19.3. The van der Waals surface area contributed by atoms with E-state index in [2.05, 4.69) is 13.8 Å². The zero-order valence-electron chi connectivity index (χ0n) is 25.4. The van der Waals surface area contributed by atoms with Crippen LogP contribution in [0.2, 0.25) is 0 Å². The molecule has 0 unspecified atom stereocenters. The quantitative estimate of drug-likeness (QED) is 0.0804. The Balaban J connectivity index is 4.18. The van der Waals surface area contributed by atoms with E-state index in [1.54, 1.807) is 0 Å². The smallest absolute Gasteiger partial charge is 0.306 e. The second-order valence-electron chi connectivity index (χ2n) is 11.3. The van der Waals surface area contributed by atoms with Gasteiger partial charge in [-0.15, -0.1) is 9.35 Å². The molecule has 0 heterocycles. The third-order valence-electron chi connectivity index (χ3n) is 7.49. The molecule has 0 saturated carbocycles. The molecule has 0 aliphatic carbocycles. The Morgan fingerprint density at radius 2 is 1.08 bits per heavy atom. The molecule has 0 aliphatic heterocycles. The third-order valence-corrected chi connectivity index (χ3v) is 10.9. The molecule has 0 spiro atoms. The summed E-state index contributed by atoms with van der Waals surface area (Å²) in [7, 11) is -3.99. The number of hydrogen-bond acceptors (Lipinski definition) is 6. The van der Waals surface area contributed by atoms with E-state index < -0.39 is 27.2 Å². The molecule has 38 heavy (non-hydrogen) atoms. The minimum Gasteiger partial charge on any atom is -0.457 e. The molecule has 0 fully saturated rings. The maximum absolute atomic E-state index is 13.6. The van der Waals surface area contributed by atoms with Gasteiger partial charge in [0.25, 0.3) is 0 Å². The molecule has 6 nitrogen and oxygen atoms in total. The van der Waals surface area contributed by atoms with Crippen LogP contribution in [0.15, 0.2) is 0 Å². The Hall–Kier alpha value is -0.790. The summed E-state index contributed by atoms with van der Waals surface area (Å²) < 4.78 is 24.6. The second-order valence-corrected chi connectivity index (χ2v) is 15.4. The standard InChI is InChI=1S/C31H62O6S/c1-5-7-9-11-13-15-16-17-19-21-23-25-31(34)37-30(27-32)28-36-38(4,35,29(3)33)26-24-22-20-18-14-12-10-8-6-2/h30,32H,5-28H2,1-4H3/t30-/m1/s1. The van der Waals surface area contributed by atoms with Gasteiger partial charge in [0.1, 0.15) is 6.61 Å². The molecule has 228 valence electrons. The molecule has 1 atom stereocenters. The highest BCUT2D eigenvalue weighted by Crippen LogP contribution is 2.28. The van der Waals surface area contributed by atoms with Crippen molar-refractivity contribution in [2.75, 3.05) is 25.2 Å². The van der Waals surface area contributed by atoms with Crippen molar-refractivity contribution in [3.05, 3.63) is 0 Å². The van der Waals surface area contributed by atoms with Crippen LogP contribution in [0.25, 0.3) is 0 Å². The van der Waals surface area contributed by atoms with Crippen molar-refractivity contribution in [2.45, 2.75) is 162 Å². The van der Waals surface area contributed by atoms with Gasteiger partial charge in [-0.2, -0.15) is 0 Å². The van der Waals surface area contributed by atoms with Gasteiger partial charge in [0.2, 0.25) is 5.12 Å². The van der Waals surface area contributed by atoms with Gasteiger partial charge >= 0.3 is 5.97 Å². The highest BCUT2D eigenvalue weighted by Gasteiger charge is 2.33. The molecule has 0 bridgehead atoms. The molecular formula is C31H62O6S. The first-order valence-electron chi connectivity index (χ1n) is 15.8. The molecule has 7 heteroatoms. The summed E-state index contributed by atoms with van der Waals surface area (Å²) in [6.07, 6.45) is 24.1. The summed E-state index contributed by atoms with van der Waals surface area (Å²) in [6, 6.07) is 0. The van der Waals surface area contributed by atoms with E-state index in [0.29, 0.717) is 12.8 Å². The SMILES string of the molecule is CCCCCCCCCCCCCC(=O)O[C@H](CO)COS(C)(=O)(CCCCCCCCCCC)C(C)=O. The minimum atomic E-state index is -3.99. The summed E-state index contributed by atoms with van der Waals surface area (Å²) in [4.78, 5) is 24.6. The van der Waals surface area contributed by atoms with Gasteiger partial charge in [-0.3, -0.25) is 13.8 Å². The van der Waals surface area contributed by atoms with E-state index >= 15 is 0 Å². The minimum absolute atomic E-state index is 0.174. The summed E-state index contributed by atoms with van der Waals surface area (Å²) in [5.74, 6) is -0.210. The topological polar surface area (TPSA) is 89.9 Å². The number of esters is 1. The van der Waals surface area contributed by atoms with Crippen molar-refractivity contribution >= 4 is 20.4 Å². The van der Waals surface area contributed by atoms with Gasteiger partial charge in [0.05, 0.1) is 6.61 Å². The summed E-state index contributed by atoms with van der Waals surface area (Å²) in [6.45, 7) is 5.08. The van der Waals surface area contributed by atoms with E-state index in [1.807, 2.05) is 0 Å². The van der Waals surface area contributed by atoms with Crippen LogP contribution in [0.3, 0.4) is 0 Å². The fourth-order valence-corrected chi connectivity index (χ4v) is 6.54. The lowest BCUT2D eigenvalue weighted by Crippen LogP contribution is -2.46. The van der Waals surface area contributed by atoms with Gasteiger partial charge in [-0.25, -0.2) is 4.21 Å². The number of rotatable bonds is 27. The Bertz CT molecular complexity index is 665. The molecule has 0 radical (unpaired) electrons. The van der Waals surface area contributed by atoms with Crippen molar-refractivity contribution in [3.63, 3.8) is 0 Å². The molecule has 0 amide bonds. The zero-order valence-corrected chi connectivity index (χ0v) is 26.3. The largest absolute Gasteiger partial charge is 0.457 e. The van der Waals surface area contributed by atoms with Crippen LogP contribution in [0.5, 0.6) is 0 Å². The van der Waals surface area contributed by atoms with Gasteiger partial charge in [0.15, 0.2) is 6.10 Å². The lowest BCUT2D eigenvalue weighted by Gasteiger charge is -2.42. The van der Waals surface area contributed by atoms with Crippen LogP contribution in [-0.4, -0.2) is 51.7 Å². The first-order chi connectivity index (χ1) is 18.2. The van der Waals surface area contributed by atoms with Crippen LogP contribution in [0.4, 0.5) is 0 Å². The van der Waals surface area contributed by atoms with E-state index in [9.17, 15) is 18.9 Å². The van der Waals surface area contributed by atoms with Crippen molar-refractivity contribution in [3.8, 4) is 0 Å². The number of aliphatic hydroxyl groups is 1. The van der Waals surface area contributed by atoms with Gasteiger partial charge < -0.3 is 9.84 Å². The normalized spacial score (nSPS) is 13.7. The maximum Gasteiger partial charge on any atom is 0.306 e. The first kappa shape index (κ1) is 37.2. The Labute approximate surface area is 235 Å². The fraction of sp³-hybridized carbons (Fsp3) is 0.935. The average molecular weight is 563 g/mol. The summed E-state index contributed by atoms with van der Waals surface area (Å²) in [5, 5.41) is 9.19. The van der Waals surface area contributed by atoms with Gasteiger partial charge in [-0.05, 0) is 12.8 Å².